The zero-order chi connectivity index (χ0) is 38.2. The first kappa shape index (κ1) is 38.6. The van der Waals surface area contributed by atoms with E-state index in [1.54, 1.807) is 31.6 Å². The van der Waals surface area contributed by atoms with Crippen LogP contribution in [-0.2, 0) is 34.0 Å². The third-order valence-electron chi connectivity index (χ3n) is 9.89. The molecule has 52 heavy (non-hydrogen) atoms. The number of ether oxygens (including phenoxy) is 1. The molecule has 4 aromatic rings. The molecule has 0 saturated carbocycles. The second-order valence-electron chi connectivity index (χ2n) is 14.1. The molecule has 1 aliphatic rings. The Morgan fingerprint density at radius 3 is 2.48 bits per heavy atom. The van der Waals surface area contributed by atoms with Crippen LogP contribution >= 0.6 is 0 Å². The molecule has 4 N–H and O–H groups in total. The predicted molar refractivity (Wildman–Crippen MR) is 198 cm³/mol. The largest absolute Gasteiger partial charge is 0.494 e. The van der Waals surface area contributed by atoms with Crippen molar-refractivity contribution in [3.63, 3.8) is 0 Å². The molecule has 0 bridgehead atoms. The Hall–Kier alpha value is -4.62. The van der Waals surface area contributed by atoms with Crippen LogP contribution in [0.25, 0.3) is 0 Å². The number of benzene rings is 3. The van der Waals surface area contributed by atoms with Gasteiger partial charge in [0.05, 0.1) is 40.6 Å². The van der Waals surface area contributed by atoms with Crippen LogP contribution in [0.15, 0.2) is 71.9 Å². The number of rotatable bonds is 10. The Bertz CT molecular complexity index is 2070. The molecule has 5 rings (SSSR count). The highest BCUT2D eigenvalue weighted by Gasteiger charge is 2.41. The van der Waals surface area contributed by atoms with E-state index in [0.29, 0.717) is 34.9 Å². The van der Waals surface area contributed by atoms with Crippen molar-refractivity contribution in [3.8, 4) is 5.75 Å². The van der Waals surface area contributed by atoms with Gasteiger partial charge >= 0.3 is 6.18 Å². The summed E-state index contributed by atoms with van der Waals surface area (Å²) in [7, 11) is -2.61. The standard InChI is InChI=1S/C39H46F3N5O4S/c1-8-45-36-32(51-7)19-31(25(4)35(36)43)34(38(5,6)37(48)46-30-10-9-15-44-20-30)26-12-11-24(3)28(17-26)22-47-21-23(2)16-27-18-29(39(40,41)42)13-14-33(27)52(47,49)50/h9-15,17-20,23,34,45H,8,16,21-22,43H2,1-7H3,(H,46,48)/t23-,34?/m0/s1. The number of amides is 1. The maximum Gasteiger partial charge on any atom is 0.416 e. The van der Waals surface area contributed by atoms with Crippen molar-refractivity contribution in [2.75, 3.05) is 36.6 Å². The fourth-order valence-electron chi connectivity index (χ4n) is 7.03. The van der Waals surface area contributed by atoms with E-state index < -0.39 is 33.1 Å². The summed E-state index contributed by atoms with van der Waals surface area (Å²) in [5.41, 5.74) is 10.3. The molecule has 9 nitrogen and oxygen atoms in total. The van der Waals surface area contributed by atoms with Crippen molar-refractivity contribution >= 4 is 33.0 Å². The van der Waals surface area contributed by atoms with Gasteiger partial charge in [-0.15, -0.1) is 0 Å². The topological polar surface area (TPSA) is 127 Å². The summed E-state index contributed by atoms with van der Waals surface area (Å²) < 4.78 is 76.0. The van der Waals surface area contributed by atoms with E-state index >= 15 is 0 Å². The van der Waals surface area contributed by atoms with Crippen LogP contribution in [0.4, 0.5) is 30.2 Å². The lowest BCUT2D eigenvalue weighted by Gasteiger charge is -2.36. The molecule has 0 aliphatic carbocycles. The van der Waals surface area contributed by atoms with E-state index in [4.69, 9.17) is 10.5 Å². The summed E-state index contributed by atoms with van der Waals surface area (Å²) >= 11 is 0. The van der Waals surface area contributed by atoms with Crippen molar-refractivity contribution in [2.45, 2.75) is 71.5 Å². The van der Waals surface area contributed by atoms with E-state index in [-0.39, 0.29) is 41.8 Å². The van der Waals surface area contributed by atoms with Crippen molar-refractivity contribution in [2.24, 2.45) is 11.3 Å². The molecule has 0 fully saturated rings. The molecule has 2 atom stereocenters. The minimum absolute atomic E-state index is 0.0222. The maximum atomic E-state index is 14.2. The highest BCUT2D eigenvalue weighted by Crippen LogP contribution is 2.48. The molecular formula is C39H46F3N5O4S. The molecule has 1 unspecified atom stereocenters. The minimum atomic E-state index is -4.59. The summed E-state index contributed by atoms with van der Waals surface area (Å²) in [6, 6.07) is 13.9. The third-order valence-corrected chi connectivity index (χ3v) is 11.8. The summed E-state index contributed by atoms with van der Waals surface area (Å²) in [6.45, 7) is 11.9. The number of alkyl halides is 3. The fraction of sp³-hybridized carbons (Fsp3) is 0.385. The first-order valence-corrected chi connectivity index (χ1v) is 18.6. The highest BCUT2D eigenvalue weighted by atomic mass is 32.2. The number of hydrogen-bond acceptors (Lipinski definition) is 7. The van der Waals surface area contributed by atoms with E-state index in [0.717, 1.165) is 40.5 Å². The van der Waals surface area contributed by atoms with E-state index in [1.807, 2.05) is 65.8 Å². The summed E-state index contributed by atoms with van der Waals surface area (Å²) in [6.07, 6.45) is -1.23. The maximum absolute atomic E-state index is 14.2. The number of hydrogen-bond donors (Lipinski definition) is 3. The van der Waals surface area contributed by atoms with Gasteiger partial charge in [-0.1, -0.05) is 39.0 Å². The number of methoxy groups -OCH3 is 1. The number of nitrogens with zero attached hydrogens (tertiary/aromatic N) is 2. The number of halogens is 3. The van der Waals surface area contributed by atoms with Crippen LogP contribution in [0, 0.1) is 25.2 Å². The molecule has 1 aromatic heterocycles. The van der Waals surface area contributed by atoms with Crippen LogP contribution in [-0.4, -0.2) is 43.8 Å². The Balaban J connectivity index is 1.63. The van der Waals surface area contributed by atoms with Crippen molar-refractivity contribution in [3.05, 3.63) is 106 Å². The Labute approximate surface area is 303 Å². The van der Waals surface area contributed by atoms with Gasteiger partial charge in [-0.3, -0.25) is 9.78 Å². The van der Waals surface area contributed by atoms with Crippen molar-refractivity contribution < 1.29 is 31.1 Å². The van der Waals surface area contributed by atoms with Gasteiger partial charge in [0, 0.05) is 31.7 Å². The molecule has 0 spiro atoms. The second-order valence-corrected chi connectivity index (χ2v) is 16.0. The van der Waals surface area contributed by atoms with E-state index in [2.05, 4.69) is 15.6 Å². The van der Waals surface area contributed by atoms with E-state index in [9.17, 15) is 26.4 Å². The second kappa shape index (κ2) is 14.8. The van der Waals surface area contributed by atoms with E-state index in [1.165, 1.54) is 4.31 Å². The molecule has 2 heterocycles. The summed E-state index contributed by atoms with van der Waals surface area (Å²) in [5, 5.41) is 6.28. The zero-order valence-corrected chi connectivity index (χ0v) is 31.3. The van der Waals surface area contributed by atoms with Crippen molar-refractivity contribution in [1.29, 1.82) is 0 Å². The van der Waals surface area contributed by atoms with Crippen LogP contribution in [0.3, 0.4) is 0 Å². The normalized spacial score (nSPS) is 16.8. The lowest BCUT2D eigenvalue weighted by atomic mass is 9.69. The molecule has 278 valence electrons. The number of aromatic nitrogens is 1. The number of fused-ring (bicyclic) bond motifs is 1. The SMILES string of the molecule is CCNc1c(OC)cc(C(c2ccc(C)c(CN3C[C@@H](C)Cc4cc(C(F)(F)F)ccc4S3(=O)=O)c2)C(C)(C)C(=O)Nc2cccnc2)c(C)c1N. The fourth-order valence-corrected chi connectivity index (χ4v) is 8.79. The predicted octanol–water partition coefficient (Wildman–Crippen LogP) is 7.92. The Morgan fingerprint density at radius 2 is 1.85 bits per heavy atom. The number of pyridine rings is 1. The molecule has 13 heteroatoms. The number of sulfonamides is 1. The molecule has 0 saturated heterocycles. The van der Waals surface area contributed by atoms with Gasteiger partial charge in [0.15, 0.2) is 0 Å². The van der Waals surface area contributed by atoms with Crippen LogP contribution in [0.1, 0.15) is 72.6 Å². The Kier molecular flexibility index (Phi) is 11.0. The van der Waals surface area contributed by atoms with Gasteiger partial charge in [0.2, 0.25) is 15.9 Å². The number of nitrogens with one attached hydrogen (secondary N) is 2. The van der Waals surface area contributed by atoms with Gasteiger partial charge < -0.3 is 21.1 Å². The zero-order valence-electron chi connectivity index (χ0n) is 30.5. The number of carbonyl (C=O) groups excluding carboxylic acids is 1. The number of anilines is 3. The third kappa shape index (κ3) is 7.61. The average molecular weight is 738 g/mol. The van der Waals surface area contributed by atoms with Gasteiger partial charge in [0.25, 0.3) is 0 Å². The smallest absolute Gasteiger partial charge is 0.416 e. The lowest BCUT2D eigenvalue weighted by molar-refractivity contribution is -0.137. The molecule has 3 aromatic carbocycles. The highest BCUT2D eigenvalue weighted by molar-refractivity contribution is 7.89. The first-order chi connectivity index (χ1) is 24.4. The molecule has 1 amide bonds. The van der Waals surface area contributed by atoms with Crippen LogP contribution in [0.5, 0.6) is 5.75 Å². The van der Waals surface area contributed by atoms with Crippen LogP contribution < -0.4 is 21.1 Å². The van der Waals surface area contributed by atoms with Gasteiger partial charge in [-0.25, -0.2) is 8.42 Å². The monoisotopic (exact) mass is 737 g/mol. The molecule has 1 aliphatic heterocycles. The summed E-state index contributed by atoms with van der Waals surface area (Å²) in [5.74, 6) is -0.618. The summed E-state index contributed by atoms with van der Waals surface area (Å²) in [4.78, 5) is 18.2. The number of nitrogens with two attached hydrogens (primary N) is 1. The Morgan fingerprint density at radius 1 is 1.12 bits per heavy atom. The quantitative estimate of drug-likeness (QED) is 0.141. The number of nitrogen functional groups attached to an aromatic ring is 1. The van der Waals surface area contributed by atoms with Gasteiger partial charge in [-0.2, -0.15) is 17.5 Å². The minimum Gasteiger partial charge on any atom is -0.494 e. The van der Waals surface area contributed by atoms with Crippen molar-refractivity contribution in [1.82, 2.24) is 9.29 Å². The molecule has 0 radical (unpaired) electrons. The van der Waals surface area contributed by atoms with Gasteiger partial charge in [0.1, 0.15) is 11.4 Å². The average Bonchev–Trinajstić information content (AvgIpc) is 3.17. The molecular weight excluding hydrogens is 692 g/mol. The lowest BCUT2D eigenvalue weighted by Crippen LogP contribution is -2.37. The first-order valence-electron chi connectivity index (χ1n) is 17.1. The van der Waals surface area contributed by atoms with Crippen LogP contribution in [0.2, 0.25) is 0 Å². The van der Waals surface area contributed by atoms with Gasteiger partial charge in [-0.05, 0) is 103 Å². The number of aryl methyl sites for hydroxylation is 1. The number of carbonyl (C=O) groups is 1.